The van der Waals surface area contributed by atoms with Gasteiger partial charge in [-0.1, -0.05) is 18.5 Å². The zero-order valence-corrected chi connectivity index (χ0v) is 11.2. The Morgan fingerprint density at radius 2 is 2.16 bits per heavy atom. The normalized spacial score (nSPS) is 12.4. The summed E-state index contributed by atoms with van der Waals surface area (Å²) in [5, 5.41) is 3.73. The monoisotopic (exact) mass is 280 g/mol. The molecule has 0 radical (unpaired) electrons. The van der Waals surface area contributed by atoms with Gasteiger partial charge in [0.2, 0.25) is 0 Å². The molecule has 0 spiro atoms. The topological polar surface area (TPSA) is 63.8 Å². The zero-order chi connectivity index (χ0) is 13.8. The fraction of sp³-hybridized carbons (Fsp3) is 0.231. The lowest BCUT2D eigenvalue weighted by Crippen LogP contribution is -2.24. The SMILES string of the molecule is CCNC(c1ccc(F)cn1)c1cc(Cl)cnc1N. The molecule has 2 rings (SSSR count). The molecule has 0 amide bonds. The van der Waals surface area contributed by atoms with Crippen LogP contribution in [-0.2, 0) is 0 Å². The van der Waals surface area contributed by atoms with Gasteiger partial charge in [0, 0.05) is 11.8 Å². The van der Waals surface area contributed by atoms with E-state index < -0.39 is 0 Å². The highest BCUT2D eigenvalue weighted by atomic mass is 35.5. The molecular weight excluding hydrogens is 267 g/mol. The van der Waals surface area contributed by atoms with E-state index in [0.29, 0.717) is 23.1 Å². The second-order valence-electron chi connectivity index (χ2n) is 4.02. The maximum Gasteiger partial charge on any atom is 0.141 e. The van der Waals surface area contributed by atoms with Gasteiger partial charge in [-0.25, -0.2) is 9.37 Å². The Labute approximate surface area is 115 Å². The number of nitrogens with one attached hydrogen (secondary N) is 1. The highest BCUT2D eigenvalue weighted by Crippen LogP contribution is 2.26. The fourth-order valence-electron chi connectivity index (χ4n) is 1.83. The molecule has 3 N–H and O–H groups in total. The number of aromatic nitrogens is 2. The lowest BCUT2D eigenvalue weighted by atomic mass is 10.0. The molecule has 2 heterocycles. The van der Waals surface area contributed by atoms with E-state index in [1.807, 2.05) is 6.92 Å². The van der Waals surface area contributed by atoms with Crippen LogP contribution in [0.2, 0.25) is 5.02 Å². The van der Waals surface area contributed by atoms with Crippen LogP contribution in [0.4, 0.5) is 10.2 Å². The molecule has 2 aromatic heterocycles. The standard InChI is InChI=1S/C13H14ClFN4/c1-2-17-12(11-4-3-9(15)7-18-11)10-5-8(14)6-19-13(10)16/h3-7,12,17H,2H2,1H3,(H2,16,19). The van der Waals surface area contributed by atoms with Crippen molar-refractivity contribution in [1.29, 1.82) is 0 Å². The fourth-order valence-corrected chi connectivity index (χ4v) is 2.00. The van der Waals surface area contributed by atoms with Gasteiger partial charge in [0.05, 0.1) is 23.0 Å². The molecule has 4 nitrogen and oxygen atoms in total. The summed E-state index contributed by atoms with van der Waals surface area (Å²) in [4.78, 5) is 8.11. The van der Waals surface area contributed by atoms with E-state index in [-0.39, 0.29) is 11.9 Å². The highest BCUT2D eigenvalue weighted by molar-refractivity contribution is 6.30. The van der Waals surface area contributed by atoms with Crippen LogP contribution in [-0.4, -0.2) is 16.5 Å². The molecule has 19 heavy (non-hydrogen) atoms. The molecule has 1 unspecified atom stereocenters. The number of nitrogens with zero attached hydrogens (tertiary/aromatic N) is 2. The van der Waals surface area contributed by atoms with Gasteiger partial charge in [0.25, 0.3) is 0 Å². The summed E-state index contributed by atoms with van der Waals surface area (Å²) in [6, 6.07) is 4.45. The first-order valence-corrected chi connectivity index (χ1v) is 6.25. The lowest BCUT2D eigenvalue weighted by Gasteiger charge is -2.19. The molecule has 100 valence electrons. The number of hydrogen-bond donors (Lipinski definition) is 2. The van der Waals surface area contributed by atoms with Gasteiger partial charge in [0.1, 0.15) is 11.6 Å². The van der Waals surface area contributed by atoms with Crippen molar-refractivity contribution < 1.29 is 4.39 Å². The van der Waals surface area contributed by atoms with Crippen LogP contribution in [0.5, 0.6) is 0 Å². The number of halogens is 2. The van der Waals surface area contributed by atoms with Crippen molar-refractivity contribution in [3.63, 3.8) is 0 Å². The minimum atomic E-state index is -0.379. The molecule has 6 heteroatoms. The molecular formula is C13H14ClFN4. The Balaban J connectivity index is 2.44. The summed E-state index contributed by atoms with van der Waals surface area (Å²) in [5.41, 5.74) is 7.27. The smallest absolute Gasteiger partial charge is 0.141 e. The van der Waals surface area contributed by atoms with Gasteiger partial charge in [0.15, 0.2) is 0 Å². The third kappa shape index (κ3) is 3.19. The Hall–Kier alpha value is -1.72. The summed E-state index contributed by atoms with van der Waals surface area (Å²) in [6.45, 7) is 2.67. The molecule has 0 aliphatic rings. The van der Waals surface area contributed by atoms with Crippen molar-refractivity contribution >= 4 is 17.4 Å². The van der Waals surface area contributed by atoms with Gasteiger partial charge < -0.3 is 11.1 Å². The number of hydrogen-bond acceptors (Lipinski definition) is 4. The van der Waals surface area contributed by atoms with E-state index in [1.165, 1.54) is 18.5 Å². The molecule has 0 aliphatic carbocycles. The van der Waals surface area contributed by atoms with Gasteiger partial charge >= 0.3 is 0 Å². The van der Waals surface area contributed by atoms with E-state index in [4.69, 9.17) is 17.3 Å². The third-order valence-corrected chi connectivity index (χ3v) is 2.89. The van der Waals surface area contributed by atoms with E-state index in [2.05, 4.69) is 15.3 Å². The van der Waals surface area contributed by atoms with E-state index in [9.17, 15) is 4.39 Å². The summed E-state index contributed by atoms with van der Waals surface area (Å²) in [7, 11) is 0. The minimum absolute atomic E-state index is 0.267. The van der Waals surface area contributed by atoms with Crippen molar-refractivity contribution in [2.24, 2.45) is 0 Å². The first-order chi connectivity index (χ1) is 9.11. The van der Waals surface area contributed by atoms with Gasteiger partial charge in [-0.15, -0.1) is 0 Å². The number of pyridine rings is 2. The quantitative estimate of drug-likeness (QED) is 0.903. The van der Waals surface area contributed by atoms with E-state index in [0.717, 1.165) is 5.56 Å². The number of anilines is 1. The largest absolute Gasteiger partial charge is 0.383 e. The first kappa shape index (κ1) is 13.7. The molecule has 0 saturated carbocycles. The van der Waals surface area contributed by atoms with Gasteiger partial charge in [-0.05, 0) is 24.7 Å². The summed E-state index contributed by atoms with van der Waals surface area (Å²) in [5.74, 6) is -0.00216. The molecule has 0 aromatic carbocycles. The zero-order valence-electron chi connectivity index (χ0n) is 10.4. The predicted octanol–water partition coefficient (Wildman–Crippen LogP) is 2.55. The van der Waals surface area contributed by atoms with Crippen molar-refractivity contribution in [3.8, 4) is 0 Å². The predicted molar refractivity (Wildman–Crippen MR) is 73.4 cm³/mol. The molecule has 2 aromatic rings. The van der Waals surface area contributed by atoms with Crippen LogP contribution in [0.1, 0.15) is 24.2 Å². The van der Waals surface area contributed by atoms with Gasteiger partial charge in [-0.2, -0.15) is 0 Å². The van der Waals surface area contributed by atoms with Crippen LogP contribution in [0.15, 0.2) is 30.6 Å². The van der Waals surface area contributed by atoms with Crippen LogP contribution < -0.4 is 11.1 Å². The van der Waals surface area contributed by atoms with E-state index in [1.54, 1.807) is 12.1 Å². The minimum Gasteiger partial charge on any atom is -0.383 e. The van der Waals surface area contributed by atoms with Gasteiger partial charge in [-0.3, -0.25) is 4.98 Å². The Bertz CT molecular complexity index is 559. The average molecular weight is 281 g/mol. The van der Waals surface area contributed by atoms with E-state index >= 15 is 0 Å². The Kier molecular flexibility index (Phi) is 4.29. The number of nitrogen functional groups attached to an aromatic ring is 1. The van der Waals surface area contributed by atoms with Crippen LogP contribution >= 0.6 is 11.6 Å². The summed E-state index contributed by atoms with van der Waals surface area (Å²) < 4.78 is 12.9. The first-order valence-electron chi connectivity index (χ1n) is 5.87. The summed E-state index contributed by atoms with van der Waals surface area (Å²) in [6.07, 6.45) is 2.66. The van der Waals surface area contributed by atoms with Crippen LogP contribution in [0.25, 0.3) is 0 Å². The lowest BCUT2D eigenvalue weighted by molar-refractivity contribution is 0.594. The molecule has 0 aliphatic heterocycles. The second-order valence-corrected chi connectivity index (χ2v) is 4.46. The highest BCUT2D eigenvalue weighted by Gasteiger charge is 2.18. The molecule has 0 fully saturated rings. The maximum absolute atomic E-state index is 12.9. The molecule has 0 saturated heterocycles. The molecule has 0 bridgehead atoms. The van der Waals surface area contributed by atoms with Crippen molar-refractivity contribution in [2.45, 2.75) is 13.0 Å². The third-order valence-electron chi connectivity index (χ3n) is 2.68. The van der Waals surface area contributed by atoms with Crippen molar-refractivity contribution in [3.05, 3.63) is 52.7 Å². The van der Waals surface area contributed by atoms with Crippen molar-refractivity contribution in [1.82, 2.24) is 15.3 Å². The second kappa shape index (κ2) is 5.95. The van der Waals surface area contributed by atoms with Crippen molar-refractivity contribution in [2.75, 3.05) is 12.3 Å². The Morgan fingerprint density at radius 1 is 1.37 bits per heavy atom. The molecule has 1 atom stereocenters. The Morgan fingerprint density at radius 3 is 2.79 bits per heavy atom. The summed E-state index contributed by atoms with van der Waals surface area (Å²) >= 11 is 5.95. The number of nitrogens with two attached hydrogens (primary N) is 1. The number of rotatable bonds is 4. The maximum atomic E-state index is 12.9. The average Bonchev–Trinajstić information content (AvgIpc) is 2.40. The van der Waals surface area contributed by atoms with Crippen LogP contribution in [0, 0.1) is 5.82 Å². The van der Waals surface area contributed by atoms with Crippen LogP contribution in [0.3, 0.4) is 0 Å².